The summed E-state index contributed by atoms with van der Waals surface area (Å²) in [5, 5.41) is 2.80. The number of carbonyl (C=O) groups is 1. The summed E-state index contributed by atoms with van der Waals surface area (Å²) in [6, 6.07) is 11.1. The molecule has 2 rings (SSSR count). The Labute approximate surface area is 140 Å². The molecule has 1 amide bonds. The van der Waals surface area contributed by atoms with E-state index in [9.17, 15) is 4.79 Å². The Hall–Kier alpha value is -1.40. The molecule has 110 valence electrons. The lowest BCUT2D eigenvalue weighted by atomic mass is 10.3. The molecule has 1 heterocycles. The fourth-order valence-corrected chi connectivity index (χ4v) is 2.78. The zero-order valence-corrected chi connectivity index (χ0v) is 14.5. The molecule has 0 fully saturated rings. The number of benzene rings is 1. The van der Waals surface area contributed by atoms with Gasteiger partial charge in [0.2, 0.25) is 0 Å². The molecule has 2 aromatic rings. The number of nitrogens with one attached hydrogen (secondary N) is 1. The summed E-state index contributed by atoms with van der Waals surface area (Å²) >= 11 is 6.77. The Bertz CT molecular complexity index is 620. The largest absolute Gasteiger partial charge is 0.480 e. The molecule has 4 nitrogen and oxygen atoms in total. The van der Waals surface area contributed by atoms with Crippen molar-refractivity contribution >= 4 is 37.8 Å². The molecule has 0 aliphatic carbocycles. The van der Waals surface area contributed by atoms with Crippen molar-refractivity contribution in [2.75, 3.05) is 0 Å². The van der Waals surface area contributed by atoms with E-state index in [0.717, 1.165) is 14.6 Å². The van der Waals surface area contributed by atoms with Crippen molar-refractivity contribution in [3.63, 3.8) is 0 Å². The Morgan fingerprint density at radius 2 is 2.14 bits per heavy atom. The van der Waals surface area contributed by atoms with Crippen molar-refractivity contribution in [1.82, 2.24) is 10.3 Å². The molecular weight excluding hydrogens is 400 g/mol. The van der Waals surface area contributed by atoms with Crippen LogP contribution in [0.15, 0.2) is 51.5 Å². The van der Waals surface area contributed by atoms with Gasteiger partial charge < -0.3 is 10.1 Å². The standard InChI is InChI=1S/C15H14Br2N2O2/c1-10(21-14-6-5-11(16)8-13(14)17)15(20)19-9-12-4-2-3-7-18-12/h2-8,10H,9H2,1H3,(H,19,20). The molecular formula is C15H14Br2N2O2. The van der Waals surface area contributed by atoms with Gasteiger partial charge in [0.05, 0.1) is 16.7 Å². The molecule has 0 saturated carbocycles. The van der Waals surface area contributed by atoms with Gasteiger partial charge in [-0.3, -0.25) is 9.78 Å². The number of hydrogen-bond acceptors (Lipinski definition) is 3. The number of aromatic nitrogens is 1. The lowest BCUT2D eigenvalue weighted by Crippen LogP contribution is -2.36. The average Bonchev–Trinajstić information content (AvgIpc) is 2.48. The zero-order valence-electron chi connectivity index (χ0n) is 11.3. The monoisotopic (exact) mass is 412 g/mol. The zero-order chi connectivity index (χ0) is 15.2. The molecule has 1 aromatic heterocycles. The van der Waals surface area contributed by atoms with Gasteiger partial charge in [-0.05, 0) is 53.2 Å². The van der Waals surface area contributed by atoms with E-state index < -0.39 is 6.10 Å². The van der Waals surface area contributed by atoms with Crippen LogP contribution in [0.25, 0.3) is 0 Å². The molecule has 0 saturated heterocycles. The average molecular weight is 414 g/mol. The van der Waals surface area contributed by atoms with Crippen LogP contribution in [0.1, 0.15) is 12.6 Å². The third-order valence-corrected chi connectivity index (χ3v) is 3.85. The first-order chi connectivity index (χ1) is 10.1. The van der Waals surface area contributed by atoms with Crippen molar-refractivity contribution in [3.8, 4) is 5.75 Å². The van der Waals surface area contributed by atoms with Crippen molar-refractivity contribution in [1.29, 1.82) is 0 Å². The van der Waals surface area contributed by atoms with Crippen molar-refractivity contribution in [3.05, 3.63) is 57.2 Å². The third kappa shape index (κ3) is 4.82. The van der Waals surface area contributed by atoms with Crippen LogP contribution < -0.4 is 10.1 Å². The highest BCUT2D eigenvalue weighted by Gasteiger charge is 2.15. The van der Waals surface area contributed by atoms with E-state index in [1.807, 2.05) is 30.3 Å². The van der Waals surface area contributed by atoms with Crippen LogP contribution in [-0.2, 0) is 11.3 Å². The lowest BCUT2D eigenvalue weighted by Gasteiger charge is -2.15. The van der Waals surface area contributed by atoms with E-state index >= 15 is 0 Å². The lowest BCUT2D eigenvalue weighted by molar-refractivity contribution is -0.127. The van der Waals surface area contributed by atoms with Crippen LogP contribution in [0.2, 0.25) is 0 Å². The SMILES string of the molecule is CC(Oc1ccc(Br)cc1Br)C(=O)NCc1ccccn1. The number of carbonyl (C=O) groups excluding carboxylic acids is 1. The van der Waals surface area contributed by atoms with E-state index in [4.69, 9.17) is 4.74 Å². The van der Waals surface area contributed by atoms with E-state index in [1.165, 1.54) is 0 Å². The highest BCUT2D eigenvalue weighted by Crippen LogP contribution is 2.28. The minimum atomic E-state index is -0.591. The quantitative estimate of drug-likeness (QED) is 0.813. The minimum absolute atomic E-state index is 0.185. The molecule has 1 unspecified atom stereocenters. The van der Waals surface area contributed by atoms with Gasteiger partial charge in [0, 0.05) is 10.7 Å². The van der Waals surface area contributed by atoms with Gasteiger partial charge in [-0.2, -0.15) is 0 Å². The van der Waals surface area contributed by atoms with Crippen LogP contribution in [0, 0.1) is 0 Å². The maximum Gasteiger partial charge on any atom is 0.261 e. The molecule has 0 radical (unpaired) electrons. The molecule has 1 aromatic carbocycles. The smallest absolute Gasteiger partial charge is 0.261 e. The topological polar surface area (TPSA) is 51.2 Å². The Morgan fingerprint density at radius 1 is 1.33 bits per heavy atom. The van der Waals surface area contributed by atoms with E-state index in [0.29, 0.717) is 12.3 Å². The van der Waals surface area contributed by atoms with Crippen molar-refractivity contribution in [2.45, 2.75) is 19.6 Å². The first-order valence-corrected chi connectivity index (χ1v) is 7.94. The molecule has 0 spiro atoms. The number of amides is 1. The highest BCUT2D eigenvalue weighted by molar-refractivity contribution is 9.11. The van der Waals surface area contributed by atoms with Crippen LogP contribution in [0.3, 0.4) is 0 Å². The first kappa shape index (κ1) is 16.0. The van der Waals surface area contributed by atoms with Crippen molar-refractivity contribution in [2.24, 2.45) is 0 Å². The van der Waals surface area contributed by atoms with Crippen LogP contribution >= 0.6 is 31.9 Å². The Kier molecular flexibility index (Phi) is 5.76. The predicted octanol–water partition coefficient (Wildman–Crippen LogP) is 3.69. The molecule has 0 aliphatic rings. The minimum Gasteiger partial charge on any atom is -0.480 e. The van der Waals surface area contributed by atoms with Crippen molar-refractivity contribution < 1.29 is 9.53 Å². The van der Waals surface area contributed by atoms with Gasteiger partial charge >= 0.3 is 0 Å². The summed E-state index contributed by atoms with van der Waals surface area (Å²) < 4.78 is 7.38. The van der Waals surface area contributed by atoms with Gasteiger partial charge in [0.25, 0.3) is 5.91 Å². The normalized spacial score (nSPS) is 11.8. The highest BCUT2D eigenvalue weighted by atomic mass is 79.9. The molecule has 1 N–H and O–H groups in total. The third-order valence-electron chi connectivity index (χ3n) is 2.74. The number of ether oxygens (including phenoxy) is 1. The second-order valence-corrected chi connectivity index (χ2v) is 6.14. The second kappa shape index (κ2) is 7.56. The second-order valence-electron chi connectivity index (χ2n) is 4.37. The predicted molar refractivity (Wildman–Crippen MR) is 88.0 cm³/mol. The number of nitrogens with zero attached hydrogens (tertiary/aromatic N) is 1. The summed E-state index contributed by atoms with van der Waals surface area (Å²) in [6.07, 6.45) is 1.10. The number of pyridine rings is 1. The molecule has 6 heteroatoms. The summed E-state index contributed by atoms with van der Waals surface area (Å²) in [7, 11) is 0. The van der Waals surface area contributed by atoms with E-state index in [2.05, 4.69) is 42.2 Å². The fourth-order valence-electron chi connectivity index (χ4n) is 1.64. The van der Waals surface area contributed by atoms with Gasteiger partial charge in [0.15, 0.2) is 6.10 Å². The molecule has 0 bridgehead atoms. The number of halogens is 2. The van der Waals surface area contributed by atoms with Gasteiger partial charge in [-0.1, -0.05) is 22.0 Å². The summed E-state index contributed by atoms with van der Waals surface area (Å²) in [5.41, 5.74) is 0.808. The molecule has 0 aliphatic heterocycles. The Balaban J connectivity index is 1.90. The van der Waals surface area contributed by atoms with Crippen LogP contribution in [-0.4, -0.2) is 17.0 Å². The van der Waals surface area contributed by atoms with Gasteiger partial charge in [0.1, 0.15) is 5.75 Å². The number of rotatable bonds is 5. The molecule has 21 heavy (non-hydrogen) atoms. The van der Waals surface area contributed by atoms with Gasteiger partial charge in [-0.15, -0.1) is 0 Å². The maximum atomic E-state index is 12.0. The fraction of sp³-hybridized carbons (Fsp3) is 0.200. The summed E-state index contributed by atoms with van der Waals surface area (Å²) in [5.74, 6) is 0.439. The summed E-state index contributed by atoms with van der Waals surface area (Å²) in [4.78, 5) is 16.2. The first-order valence-electron chi connectivity index (χ1n) is 6.35. The van der Waals surface area contributed by atoms with E-state index in [1.54, 1.807) is 19.2 Å². The van der Waals surface area contributed by atoms with E-state index in [-0.39, 0.29) is 5.91 Å². The van der Waals surface area contributed by atoms with Crippen LogP contribution in [0.5, 0.6) is 5.75 Å². The molecule has 1 atom stereocenters. The maximum absolute atomic E-state index is 12.0. The van der Waals surface area contributed by atoms with Gasteiger partial charge in [-0.25, -0.2) is 0 Å². The number of hydrogen-bond donors (Lipinski definition) is 1. The van der Waals surface area contributed by atoms with Crippen LogP contribution in [0.4, 0.5) is 0 Å². The Morgan fingerprint density at radius 3 is 2.81 bits per heavy atom. The summed E-state index contributed by atoms with van der Waals surface area (Å²) in [6.45, 7) is 2.09.